The lowest BCUT2D eigenvalue weighted by Gasteiger charge is -2.30. The lowest BCUT2D eigenvalue weighted by molar-refractivity contribution is -0.698. The van der Waals surface area contributed by atoms with Crippen molar-refractivity contribution < 1.29 is 28.5 Å². The zero-order chi connectivity index (χ0) is 11.9. The molecule has 0 spiro atoms. The molecule has 4 rings (SSSR count). The first-order valence-corrected chi connectivity index (χ1v) is 6.17. The first-order valence-electron chi connectivity index (χ1n) is 6.17. The van der Waals surface area contributed by atoms with E-state index in [2.05, 4.69) is 76.4 Å². The van der Waals surface area contributed by atoms with Gasteiger partial charge in [0.25, 0.3) is 0 Å². The van der Waals surface area contributed by atoms with Gasteiger partial charge in [0, 0.05) is 18.2 Å². The van der Waals surface area contributed by atoms with Crippen molar-refractivity contribution in [1.82, 2.24) is 0 Å². The number of rotatable bonds is 0. The smallest absolute Gasteiger partial charge is 0.228 e. The summed E-state index contributed by atoms with van der Waals surface area (Å²) in [5.74, 6) is 0. The molecule has 0 amide bonds. The molecular formula is C16H13IN2. The average molecular weight is 360 g/mol. The van der Waals surface area contributed by atoms with Crippen LogP contribution in [0.2, 0.25) is 0 Å². The van der Waals surface area contributed by atoms with E-state index in [1.165, 1.54) is 22.6 Å². The predicted octanol–water partition coefficient (Wildman–Crippen LogP) is -0.177. The summed E-state index contributed by atoms with van der Waals surface area (Å²) in [6.07, 6.45) is 8.74. The van der Waals surface area contributed by atoms with Crippen molar-refractivity contribution in [3.8, 4) is 0 Å². The van der Waals surface area contributed by atoms with Crippen LogP contribution in [0.15, 0.2) is 60.4 Å². The molecule has 19 heavy (non-hydrogen) atoms. The number of anilines is 1. The first-order chi connectivity index (χ1) is 8.92. The largest absolute Gasteiger partial charge is 1.00 e. The molecule has 0 fully saturated rings. The second-order valence-electron chi connectivity index (χ2n) is 4.63. The molecule has 3 heterocycles. The Morgan fingerprint density at radius 1 is 0.947 bits per heavy atom. The maximum absolute atomic E-state index is 2.35. The van der Waals surface area contributed by atoms with E-state index in [0.29, 0.717) is 0 Å². The monoisotopic (exact) mass is 360 g/mol. The number of aromatic nitrogens is 1. The molecule has 2 aromatic rings. The van der Waals surface area contributed by atoms with Crippen molar-refractivity contribution in [3.63, 3.8) is 0 Å². The van der Waals surface area contributed by atoms with Crippen LogP contribution in [0.4, 0.5) is 5.69 Å². The molecule has 3 heteroatoms. The molecule has 94 valence electrons. The van der Waals surface area contributed by atoms with Crippen LogP contribution in [-0.4, -0.2) is 0 Å². The number of para-hydroxylation sites is 1. The summed E-state index contributed by atoms with van der Waals surface area (Å²) in [7, 11) is 0. The van der Waals surface area contributed by atoms with Crippen molar-refractivity contribution >= 4 is 17.8 Å². The van der Waals surface area contributed by atoms with Crippen LogP contribution in [0.25, 0.3) is 12.2 Å². The lowest BCUT2D eigenvalue weighted by atomic mass is 10.0. The third-order valence-corrected chi connectivity index (χ3v) is 3.54. The van der Waals surface area contributed by atoms with Gasteiger partial charge in [0.05, 0.1) is 11.4 Å². The van der Waals surface area contributed by atoms with E-state index >= 15 is 0 Å². The van der Waals surface area contributed by atoms with Crippen LogP contribution in [0.1, 0.15) is 11.3 Å². The van der Waals surface area contributed by atoms with E-state index in [1.807, 2.05) is 0 Å². The van der Waals surface area contributed by atoms with Crippen molar-refractivity contribution in [2.45, 2.75) is 6.67 Å². The van der Waals surface area contributed by atoms with Gasteiger partial charge < -0.3 is 24.0 Å². The van der Waals surface area contributed by atoms with Crippen LogP contribution in [0.5, 0.6) is 0 Å². The highest BCUT2D eigenvalue weighted by atomic mass is 127. The number of fused-ring (bicyclic) bond motifs is 4. The van der Waals surface area contributed by atoms with Crippen LogP contribution in [0, 0.1) is 0 Å². The molecule has 0 N–H and O–H groups in total. The highest BCUT2D eigenvalue weighted by Gasteiger charge is 2.26. The van der Waals surface area contributed by atoms with Gasteiger partial charge in [0.2, 0.25) is 12.4 Å². The summed E-state index contributed by atoms with van der Waals surface area (Å²) >= 11 is 0. The van der Waals surface area contributed by atoms with Gasteiger partial charge in [0.15, 0.2) is 6.20 Å². The third-order valence-electron chi connectivity index (χ3n) is 3.54. The number of pyridine rings is 1. The fourth-order valence-corrected chi connectivity index (χ4v) is 2.62. The Bertz CT molecular complexity index is 689. The quantitative estimate of drug-likeness (QED) is 0.467. The van der Waals surface area contributed by atoms with Crippen LogP contribution in [0.3, 0.4) is 0 Å². The highest BCUT2D eigenvalue weighted by molar-refractivity contribution is 5.79. The molecule has 0 atom stereocenters. The second-order valence-corrected chi connectivity index (χ2v) is 4.63. The lowest BCUT2D eigenvalue weighted by Crippen LogP contribution is -3.00. The summed E-state index contributed by atoms with van der Waals surface area (Å²) in [5, 5.41) is 0. The molecule has 2 nitrogen and oxygen atoms in total. The van der Waals surface area contributed by atoms with Gasteiger partial charge in [-0.1, -0.05) is 24.3 Å². The van der Waals surface area contributed by atoms with Crippen LogP contribution >= 0.6 is 0 Å². The van der Waals surface area contributed by atoms with E-state index in [1.54, 1.807) is 0 Å². The molecule has 2 aliphatic heterocycles. The number of allylic oxidation sites excluding steroid dienone is 1. The van der Waals surface area contributed by atoms with Crippen molar-refractivity contribution in [1.29, 1.82) is 0 Å². The summed E-state index contributed by atoms with van der Waals surface area (Å²) < 4.78 is 2.26. The third kappa shape index (κ3) is 1.98. The SMILES string of the molecule is C1=Cc2ccccc2N2C[n+]3ccccc3C=C12.[I-]. The zero-order valence-corrected chi connectivity index (χ0v) is 12.5. The molecule has 0 unspecified atom stereocenters. The Labute approximate surface area is 129 Å². The van der Waals surface area contributed by atoms with Gasteiger partial charge in [-0.25, -0.2) is 0 Å². The average Bonchev–Trinajstić information content (AvgIpc) is 2.45. The van der Waals surface area contributed by atoms with Crippen LogP contribution in [-0.2, 0) is 6.67 Å². The summed E-state index contributed by atoms with van der Waals surface area (Å²) in [6, 6.07) is 14.8. The molecule has 0 radical (unpaired) electrons. The summed E-state index contributed by atoms with van der Waals surface area (Å²) in [5.41, 5.74) is 5.09. The molecule has 2 aliphatic rings. The maximum atomic E-state index is 2.35. The Balaban J connectivity index is 0.00000110. The maximum Gasteiger partial charge on any atom is 0.228 e. The van der Waals surface area contributed by atoms with Gasteiger partial charge in [-0.15, -0.1) is 0 Å². The Morgan fingerprint density at radius 2 is 1.79 bits per heavy atom. The molecular weight excluding hydrogens is 347 g/mol. The second kappa shape index (κ2) is 4.81. The topological polar surface area (TPSA) is 7.12 Å². The Kier molecular flexibility index (Phi) is 3.14. The van der Waals surface area contributed by atoms with Gasteiger partial charge in [0.1, 0.15) is 0 Å². The van der Waals surface area contributed by atoms with Crippen molar-refractivity contribution in [2.24, 2.45) is 0 Å². The van der Waals surface area contributed by atoms with Gasteiger partial charge >= 0.3 is 0 Å². The van der Waals surface area contributed by atoms with Crippen molar-refractivity contribution in [3.05, 3.63) is 71.7 Å². The number of hydrogen-bond donors (Lipinski definition) is 0. The van der Waals surface area contributed by atoms with Gasteiger partial charge in [-0.2, -0.15) is 4.57 Å². The van der Waals surface area contributed by atoms with E-state index in [-0.39, 0.29) is 24.0 Å². The molecule has 1 aromatic heterocycles. The standard InChI is InChI=1S/C16H13N2.HI/c1-2-7-16-13(5-1)8-9-15-11-14-6-3-4-10-17(14)12-18(15)16;/h1-11H,12H2;1H/q+1;/p-1. The normalized spacial score (nSPS) is 14.7. The summed E-state index contributed by atoms with van der Waals surface area (Å²) in [6.45, 7) is 0.878. The van der Waals surface area contributed by atoms with Crippen molar-refractivity contribution in [2.75, 3.05) is 4.90 Å². The van der Waals surface area contributed by atoms with E-state index < -0.39 is 0 Å². The zero-order valence-electron chi connectivity index (χ0n) is 10.3. The fraction of sp³-hybridized carbons (Fsp3) is 0.0625. The number of halogens is 1. The molecule has 0 aliphatic carbocycles. The minimum Gasteiger partial charge on any atom is -1.00 e. The van der Waals surface area contributed by atoms with E-state index in [9.17, 15) is 0 Å². The Hall–Kier alpha value is -1.62. The molecule has 1 aromatic carbocycles. The predicted molar refractivity (Wildman–Crippen MR) is 72.6 cm³/mol. The molecule has 0 saturated carbocycles. The van der Waals surface area contributed by atoms with Gasteiger partial charge in [-0.05, 0) is 23.8 Å². The first kappa shape index (κ1) is 12.4. The Morgan fingerprint density at radius 3 is 2.74 bits per heavy atom. The molecule has 0 bridgehead atoms. The fourth-order valence-electron chi connectivity index (χ4n) is 2.62. The minimum atomic E-state index is 0. The van der Waals surface area contributed by atoms with Gasteiger partial charge in [-0.3, -0.25) is 4.90 Å². The van der Waals surface area contributed by atoms with Crippen LogP contribution < -0.4 is 33.4 Å². The highest BCUT2D eigenvalue weighted by Crippen LogP contribution is 2.32. The van der Waals surface area contributed by atoms with E-state index in [0.717, 1.165) is 6.67 Å². The number of benzene rings is 1. The molecule has 0 saturated heterocycles. The van der Waals surface area contributed by atoms with E-state index in [4.69, 9.17) is 0 Å². The number of nitrogens with zero attached hydrogens (tertiary/aromatic N) is 2. The summed E-state index contributed by atoms with van der Waals surface area (Å²) in [4.78, 5) is 2.35. The number of hydrogen-bond acceptors (Lipinski definition) is 1. The minimum absolute atomic E-state index is 0.